The average molecular weight is 371 g/mol. The van der Waals surface area contributed by atoms with Gasteiger partial charge in [-0.1, -0.05) is 31.6 Å². The number of hydrogen-bond donors (Lipinski definition) is 1. The van der Waals surface area contributed by atoms with Crippen molar-refractivity contribution < 1.29 is 14.3 Å². The quantitative estimate of drug-likeness (QED) is 0.674. The Morgan fingerprint density at radius 1 is 1.31 bits per heavy atom. The molecule has 0 unspecified atom stereocenters. The molecule has 0 saturated carbocycles. The summed E-state index contributed by atoms with van der Waals surface area (Å²) in [4.78, 5) is 29.2. The number of esters is 1. The highest BCUT2D eigenvalue weighted by Gasteiger charge is 2.27. The average Bonchev–Trinajstić information content (AvgIpc) is 3.32. The maximum Gasteiger partial charge on any atom is 0.328 e. The number of ether oxygens (including phenoxy) is 1. The molecule has 0 aliphatic heterocycles. The first-order valence-corrected chi connectivity index (χ1v) is 9.27. The first-order valence-electron chi connectivity index (χ1n) is 8.46. The van der Waals surface area contributed by atoms with E-state index in [0.717, 1.165) is 21.8 Å². The lowest BCUT2D eigenvalue weighted by Gasteiger charge is -2.21. The number of nitrogens with zero attached hydrogens (tertiary/aromatic N) is 2. The summed E-state index contributed by atoms with van der Waals surface area (Å²) in [7, 11) is 1.33. The summed E-state index contributed by atoms with van der Waals surface area (Å²) in [6, 6.07) is 8.57. The Balaban J connectivity index is 1.84. The van der Waals surface area contributed by atoms with E-state index in [1.54, 1.807) is 12.1 Å². The molecule has 0 bridgehead atoms. The topological polar surface area (TPSA) is 73.2 Å². The molecule has 3 rings (SSSR count). The van der Waals surface area contributed by atoms with E-state index in [2.05, 4.69) is 10.3 Å². The number of benzene rings is 1. The van der Waals surface area contributed by atoms with Gasteiger partial charge in [-0.15, -0.1) is 0 Å². The molecule has 1 aromatic carbocycles. The van der Waals surface area contributed by atoms with Crippen LogP contribution in [0.2, 0.25) is 0 Å². The van der Waals surface area contributed by atoms with Gasteiger partial charge in [0.25, 0.3) is 5.91 Å². The van der Waals surface area contributed by atoms with Crippen molar-refractivity contribution in [3.8, 4) is 5.13 Å². The van der Waals surface area contributed by atoms with Crippen LogP contribution in [0.5, 0.6) is 0 Å². The molecule has 6 nitrogen and oxygen atoms in total. The number of carbonyl (C=O) groups is 2. The van der Waals surface area contributed by atoms with Gasteiger partial charge in [0.1, 0.15) is 6.04 Å². The lowest BCUT2D eigenvalue weighted by molar-refractivity contribution is -0.144. The molecule has 0 saturated heterocycles. The fourth-order valence-corrected chi connectivity index (χ4v) is 3.62. The lowest BCUT2D eigenvalue weighted by Crippen LogP contribution is -2.45. The van der Waals surface area contributed by atoms with Crippen molar-refractivity contribution in [2.45, 2.75) is 26.3 Å². The van der Waals surface area contributed by atoms with Gasteiger partial charge in [0.15, 0.2) is 5.13 Å². The first-order chi connectivity index (χ1) is 12.5. The molecule has 0 aliphatic rings. The van der Waals surface area contributed by atoms with Gasteiger partial charge < -0.3 is 14.6 Å². The van der Waals surface area contributed by atoms with Crippen LogP contribution in [0.25, 0.3) is 15.3 Å². The first kappa shape index (κ1) is 18.1. The van der Waals surface area contributed by atoms with Crippen molar-refractivity contribution in [1.82, 2.24) is 14.9 Å². The van der Waals surface area contributed by atoms with Crippen LogP contribution in [-0.4, -0.2) is 34.6 Å². The van der Waals surface area contributed by atoms with Crippen molar-refractivity contribution in [3.05, 3.63) is 48.3 Å². The van der Waals surface area contributed by atoms with Gasteiger partial charge in [0.2, 0.25) is 0 Å². The zero-order valence-electron chi connectivity index (χ0n) is 14.9. The molecule has 1 N–H and O–H groups in total. The Morgan fingerprint density at radius 3 is 2.69 bits per heavy atom. The molecule has 136 valence electrons. The van der Waals surface area contributed by atoms with Crippen molar-refractivity contribution in [1.29, 1.82) is 0 Å². The highest BCUT2D eigenvalue weighted by atomic mass is 32.1. The molecule has 0 fully saturated rings. The van der Waals surface area contributed by atoms with Crippen LogP contribution in [-0.2, 0) is 9.53 Å². The molecule has 2 aromatic heterocycles. The van der Waals surface area contributed by atoms with Gasteiger partial charge in [-0.25, -0.2) is 9.78 Å². The summed E-state index contributed by atoms with van der Waals surface area (Å²) in [5, 5.41) is 3.64. The maximum absolute atomic E-state index is 12.6. The number of hydrogen-bond acceptors (Lipinski definition) is 5. The summed E-state index contributed by atoms with van der Waals surface area (Å²) in [6.45, 7) is 3.89. The molecular weight excluding hydrogens is 350 g/mol. The number of carbonyl (C=O) groups excluding carboxylic acids is 2. The molecule has 2 heterocycles. The molecule has 7 heteroatoms. The fourth-order valence-electron chi connectivity index (χ4n) is 2.65. The Bertz CT molecular complexity index is 917. The summed E-state index contributed by atoms with van der Waals surface area (Å²) < 4.78 is 7.67. The van der Waals surface area contributed by atoms with E-state index in [9.17, 15) is 9.59 Å². The van der Waals surface area contributed by atoms with Gasteiger partial charge in [-0.3, -0.25) is 4.79 Å². The molecule has 0 aliphatic carbocycles. The van der Waals surface area contributed by atoms with Gasteiger partial charge in [0.05, 0.1) is 17.3 Å². The highest BCUT2D eigenvalue weighted by molar-refractivity contribution is 7.20. The van der Waals surface area contributed by atoms with Crippen LogP contribution in [0, 0.1) is 5.92 Å². The molecule has 26 heavy (non-hydrogen) atoms. The van der Waals surface area contributed by atoms with E-state index in [1.807, 2.05) is 49.0 Å². The van der Waals surface area contributed by atoms with Crippen LogP contribution in [0.3, 0.4) is 0 Å². The predicted octanol–water partition coefficient (Wildman–Crippen LogP) is 3.40. The summed E-state index contributed by atoms with van der Waals surface area (Å²) in [5.41, 5.74) is 1.33. The Labute approximate surface area is 155 Å². The van der Waals surface area contributed by atoms with Crippen molar-refractivity contribution >= 4 is 33.4 Å². The second-order valence-electron chi connectivity index (χ2n) is 6.13. The third-order valence-corrected chi connectivity index (χ3v) is 5.45. The van der Waals surface area contributed by atoms with E-state index in [1.165, 1.54) is 18.4 Å². The zero-order chi connectivity index (χ0) is 18.7. The second-order valence-corrected chi connectivity index (χ2v) is 7.14. The maximum atomic E-state index is 12.6. The lowest BCUT2D eigenvalue weighted by atomic mass is 9.99. The molecule has 0 spiro atoms. The van der Waals surface area contributed by atoms with Gasteiger partial charge >= 0.3 is 5.97 Å². The van der Waals surface area contributed by atoms with Gasteiger partial charge in [-0.2, -0.15) is 0 Å². The minimum Gasteiger partial charge on any atom is -0.467 e. The SMILES string of the molecule is CC[C@@H](C)[C@@H](NC(=O)c1ccc2nc(-n3cccc3)sc2c1)C(=O)OC. The third-order valence-electron chi connectivity index (χ3n) is 4.42. The monoisotopic (exact) mass is 371 g/mol. The van der Waals surface area contributed by atoms with Gasteiger partial charge in [-0.05, 0) is 36.2 Å². The van der Waals surface area contributed by atoms with E-state index in [-0.39, 0.29) is 11.8 Å². The number of rotatable bonds is 6. The predicted molar refractivity (Wildman–Crippen MR) is 102 cm³/mol. The number of nitrogens with one attached hydrogen (secondary N) is 1. The van der Waals surface area contributed by atoms with Crippen molar-refractivity contribution in [3.63, 3.8) is 0 Å². The number of methoxy groups -OCH3 is 1. The van der Waals surface area contributed by atoms with E-state index >= 15 is 0 Å². The molecule has 1 amide bonds. The summed E-state index contributed by atoms with van der Waals surface area (Å²) in [6.07, 6.45) is 4.62. The molecule has 0 radical (unpaired) electrons. The Morgan fingerprint density at radius 2 is 2.04 bits per heavy atom. The fraction of sp³-hybridized carbons (Fsp3) is 0.316. The van der Waals surface area contributed by atoms with Gasteiger partial charge in [0, 0.05) is 18.0 Å². The zero-order valence-corrected chi connectivity index (χ0v) is 15.7. The highest BCUT2D eigenvalue weighted by Crippen LogP contribution is 2.26. The Kier molecular flexibility index (Phi) is 5.37. The minimum atomic E-state index is -0.662. The Hall–Kier alpha value is -2.67. The van der Waals surface area contributed by atoms with E-state index in [0.29, 0.717) is 5.56 Å². The number of thiazole rings is 1. The van der Waals surface area contributed by atoms with Crippen LogP contribution in [0.4, 0.5) is 0 Å². The minimum absolute atomic E-state index is 0.0149. The smallest absolute Gasteiger partial charge is 0.328 e. The molecule has 2 atom stereocenters. The number of aromatic nitrogens is 2. The van der Waals surface area contributed by atoms with Crippen LogP contribution < -0.4 is 5.32 Å². The molecule has 3 aromatic rings. The summed E-state index contributed by atoms with van der Waals surface area (Å²) >= 11 is 1.51. The summed E-state index contributed by atoms with van der Waals surface area (Å²) in [5.74, 6) is -0.737. The second kappa shape index (κ2) is 7.70. The number of fused-ring (bicyclic) bond motifs is 1. The van der Waals surface area contributed by atoms with Crippen molar-refractivity contribution in [2.75, 3.05) is 7.11 Å². The van der Waals surface area contributed by atoms with Crippen LogP contribution in [0.1, 0.15) is 30.6 Å². The van der Waals surface area contributed by atoms with Crippen molar-refractivity contribution in [2.24, 2.45) is 5.92 Å². The van der Waals surface area contributed by atoms with E-state index in [4.69, 9.17) is 4.74 Å². The standard InChI is InChI=1S/C19H21N3O3S/c1-4-12(2)16(18(24)25-3)21-17(23)13-7-8-14-15(11-13)26-19(20-14)22-9-5-6-10-22/h5-12,16H,4H2,1-3H3,(H,21,23)/t12-,16-/m1/s1. The van der Waals surface area contributed by atoms with E-state index < -0.39 is 12.0 Å². The number of amides is 1. The largest absolute Gasteiger partial charge is 0.467 e. The van der Waals surface area contributed by atoms with Crippen LogP contribution in [0.15, 0.2) is 42.7 Å². The third kappa shape index (κ3) is 3.62. The van der Waals surface area contributed by atoms with Crippen LogP contribution >= 0.6 is 11.3 Å². The molecular formula is C19H21N3O3S. The normalized spacial score (nSPS) is 13.3.